The van der Waals surface area contributed by atoms with Crippen molar-refractivity contribution in [1.82, 2.24) is 9.78 Å². The minimum absolute atomic E-state index is 0.273. The molecule has 26 heavy (non-hydrogen) atoms. The Morgan fingerprint density at radius 1 is 1.12 bits per heavy atom. The Bertz CT molecular complexity index is 627. The molecule has 0 saturated heterocycles. The molecule has 0 fully saturated rings. The molecule has 1 heterocycles. The summed E-state index contributed by atoms with van der Waals surface area (Å²) < 4.78 is 1.73. The molecule has 0 aliphatic heterocycles. The number of aliphatic hydroxyl groups is 1. The van der Waals surface area contributed by atoms with Gasteiger partial charge in [-0.25, -0.2) is 4.79 Å². The van der Waals surface area contributed by atoms with Crippen molar-refractivity contribution in [1.29, 1.82) is 0 Å². The van der Waals surface area contributed by atoms with E-state index in [9.17, 15) is 19.2 Å². The van der Waals surface area contributed by atoms with Crippen molar-refractivity contribution in [3.05, 3.63) is 18.5 Å². The molecule has 1 aromatic heterocycles. The third-order valence-electron chi connectivity index (χ3n) is 3.73. The summed E-state index contributed by atoms with van der Waals surface area (Å²) in [4.78, 5) is 41.6. The van der Waals surface area contributed by atoms with E-state index in [1.807, 2.05) is 26.1 Å². The highest BCUT2D eigenvalue weighted by molar-refractivity contribution is 5.88. The fraction of sp³-hybridized carbons (Fsp3) is 0.533. The number of carbonyl (C=O) groups excluding carboxylic acids is 1. The maximum atomic E-state index is 11.2. The lowest BCUT2D eigenvalue weighted by molar-refractivity contribution is -0.170. The number of aromatic nitrogens is 2. The van der Waals surface area contributed by atoms with Crippen molar-refractivity contribution in [3.8, 4) is 0 Å². The lowest BCUT2D eigenvalue weighted by Crippen LogP contribution is -2.42. The molecule has 0 aromatic carbocycles. The molecular weight excluding hydrogens is 350 g/mol. The normalized spacial score (nSPS) is 13.0. The van der Waals surface area contributed by atoms with Crippen molar-refractivity contribution in [3.63, 3.8) is 0 Å². The third-order valence-corrected chi connectivity index (χ3v) is 3.73. The largest absolute Gasteiger partial charge is 0.481 e. The van der Waals surface area contributed by atoms with Gasteiger partial charge in [0, 0.05) is 12.4 Å². The van der Waals surface area contributed by atoms with Gasteiger partial charge in [0.15, 0.2) is 5.60 Å². The highest BCUT2D eigenvalue weighted by Crippen LogP contribution is 2.22. The summed E-state index contributed by atoms with van der Waals surface area (Å²) in [5.74, 6) is -5.29. The Balaban J connectivity index is 0.000000481. The first-order chi connectivity index (χ1) is 11.9. The van der Waals surface area contributed by atoms with E-state index in [4.69, 9.17) is 26.2 Å². The van der Waals surface area contributed by atoms with Crippen LogP contribution in [0.4, 0.5) is 0 Å². The minimum Gasteiger partial charge on any atom is -0.481 e. The first kappa shape index (κ1) is 23.1. The SMILES string of the molecule is CCC(C)(Cn1cccn1)C(N)=O.O=C(O)CC(O)(CC(=O)O)C(=O)O. The topological polar surface area (TPSA) is 193 Å². The van der Waals surface area contributed by atoms with Crippen LogP contribution < -0.4 is 5.73 Å². The van der Waals surface area contributed by atoms with E-state index >= 15 is 0 Å². The first-order valence-electron chi connectivity index (χ1n) is 7.53. The van der Waals surface area contributed by atoms with Crippen LogP contribution in [0.1, 0.15) is 33.1 Å². The summed E-state index contributed by atoms with van der Waals surface area (Å²) in [6.45, 7) is 4.36. The second kappa shape index (κ2) is 9.51. The van der Waals surface area contributed by atoms with Gasteiger partial charge in [-0.3, -0.25) is 19.1 Å². The van der Waals surface area contributed by atoms with Gasteiger partial charge in [0.25, 0.3) is 0 Å². The first-order valence-corrected chi connectivity index (χ1v) is 7.53. The summed E-state index contributed by atoms with van der Waals surface area (Å²) in [7, 11) is 0. The van der Waals surface area contributed by atoms with Gasteiger partial charge in [-0.15, -0.1) is 0 Å². The maximum Gasteiger partial charge on any atom is 0.336 e. The monoisotopic (exact) mass is 373 g/mol. The minimum atomic E-state index is -2.74. The standard InChI is InChI=1S/C9H15N3O.C6H8O7/c1-3-9(2,8(10)13)7-12-6-4-5-11-12;7-3(8)1-6(13,5(11)12)2-4(9)10/h4-6H,3,7H2,1-2H3,(H2,10,13);13H,1-2H2,(H,7,8)(H,9,10)(H,11,12). The van der Waals surface area contributed by atoms with Crippen molar-refractivity contribution in [2.45, 2.75) is 45.3 Å². The van der Waals surface area contributed by atoms with Crippen LogP contribution in [0, 0.1) is 5.41 Å². The summed E-state index contributed by atoms with van der Waals surface area (Å²) in [6.07, 6.45) is 1.96. The van der Waals surface area contributed by atoms with Crippen LogP contribution in [0.3, 0.4) is 0 Å². The number of rotatable bonds is 9. The number of carbonyl (C=O) groups is 4. The van der Waals surface area contributed by atoms with Crippen LogP contribution in [0.15, 0.2) is 18.5 Å². The van der Waals surface area contributed by atoms with E-state index in [1.54, 1.807) is 10.9 Å². The van der Waals surface area contributed by atoms with Gasteiger partial charge in [0.05, 0.1) is 24.8 Å². The van der Waals surface area contributed by atoms with Crippen LogP contribution in [-0.2, 0) is 25.7 Å². The average Bonchev–Trinajstić information content (AvgIpc) is 2.98. The Morgan fingerprint density at radius 3 is 1.88 bits per heavy atom. The summed E-state index contributed by atoms with van der Waals surface area (Å²) >= 11 is 0. The zero-order valence-electron chi connectivity index (χ0n) is 14.5. The molecule has 11 nitrogen and oxygen atoms in total. The summed E-state index contributed by atoms with van der Waals surface area (Å²) in [5.41, 5.74) is 2.09. The van der Waals surface area contributed by atoms with E-state index in [-0.39, 0.29) is 5.91 Å². The van der Waals surface area contributed by atoms with Gasteiger partial charge in [0.2, 0.25) is 5.91 Å². The number of hydrogen-bond acceptors (Lipinski definition) is 6. The molecular formula is C15H23N3O8. The van der Waals surface area contributed by atoms with E-state index in [0.29, 0.717) is 6.54 Å². The van der Waals surface area contributed by atoms with Gasteiger partial charge in [0.1, 0.15) is 0 Å². The molecule has 6 N–H and O–H groups in total. The number of nitrogens with two attached hydrogens (primary N) is 1. The number of carboxylic acids is 3. The van der Waals surface area contributed by atoms with Gasteiger partial charge in [-0.2, -0.15) is 5.10 Å². The molecule has 1 atom stereocenters. The van der Waals surface area contributed by atoms with Crippen LogP contribution in [0.25, 0.3) is 0 Å². The zero-order valence-corrected chi connectivity index (χ0v) is 14.5. The zero-order chi connectivity index (χ0) is 20.5. The van der Waals surface area contributed by atoms with Gasteiger partial charge in [-0.1, -0.05) is 6.92 Å². The number of hydrogen-bond donors (Lipinski definition) is 5. The molecule has 0 spiro atoms. The fourth-order valence-corrected chi connectivity index (χ4v) is 1.83. The molecule has 0 saturated carbocycles. The van der Waals surface area contributed by atoms with Gasteiger partial charge in [-0.05, 0) is 19.4 Å². The van der Waals surface area contributed by atoms with Crippen molar-refractivity contribution in [2.24, 2.45) is 11.1 Å². The average molecular weight is 373 g/mol. The predicted octanol–water partition coefficient (Wildman–Crippen LogP) is -0.464. The lowest BCUT2D eigenvalue weighted by atomic mass is 9.87. The quantitative estimate of drug-likeness (QED) is 0.380. The Morgan fingerprint density at radius 2 is 1.62 bits per heavy atom. The Labute approximate surface area is 149 Å². The van der Waals surface area contributed by atoms with Gasteiger partial charge < -0.3 is 26.2 Å². The number of primary amides is 1. The molecule has 1 amide bonds. The second-order valence-electron chi connectivity index (χ2n) is 5.96. The number of carboxylic acid groups (broad SMARTS) is 3. The maximum absolute atomic E-state index is 11.2. The molecule has 11 heteroatoms. The number of amides is 1. The van der Waals surface area contributed by atoms with Crippen LogP contribution in [-0.4, -0.2) is 59.6 Å². The molecule has 146 valence electrons. The molecule has 1 rings (SSSR count). The van der Waals surface area contributed by atoms with Gasteiger partial charge >= 0.3 is 17.9 Å². The fourth-order valence-electron chi connectivity index (χ4n) is 1.83. The number of nitrogens with zero attached hydrogens (tertiary/aromatic N) is 2. The van der Waals surface area contributed by atoms with Crippen LogP contribution in [0.5, 0.6) is 0 Å². The molecule has 0 aliphatic rings. The lowest BCUT2D eigenvalue weighted by Gasteiger charge is -2.23. The van der Waals surface area contributed by atoms with Crippen molar-refractivity contribution in [2.75, 3.05) is 0 Å². The molecule has 0 aliphatic carbocycles. The van der Waals surface area contributed by atoms with Crippen molar-refractivity contribution >= 4 is 23.8 Å². The Kier molecular flexibility index (Phi) is 8.43. The highest BCUT2D eigenvalue weighted by atomic mass is 16.4. The van der Waals surface area contributed by atoms with Crippen LogP contribution in [0.2, 0.25) is 0 Å². The second-order valence-corrected chi connectivity index (χ2v) is 5.96. The number of aliphatic carboxylic acids is 3. The van der Waals surface area contributed by atoms with E-state index in [0.717, 1.165) is 6.42 Å². The molecule has 0 bridgehead atoms. The molecule has 1 aromatic rings. The van der Waals surface area contributed by atoms with E-state index in [2.05, 4.69) is 5.10 Å². The molecule has 1 unspecified atom stereocenters. The van der Waals surface area contributed by atoms with Crippen LogP contribution >= 0.6 is 0 Å². The third kappa shape index (κ3) is 7.30. The predicted molar refractivity (Wildman–Crippen MR) is 86.9 cm³/mol. The van der Waals surface area contributed by atoms with Crippen molar-refractivity contribution < 1.29 is 39.6 Å². The van der Waals surface area contributed by atoms with E-state index < -0.39 is 41.8 Å². The summed E-state index contributed by atoms with van der Waals surface area (Å²) in [6, 6.07) is 1.83. The highest BCUT2D eigenvalue weighted by Gasteiger charge is 2.40. The molecule has 0 radical (unpaired) electrons. The summed E-state index contributed by atoms with van der Waals surface area (Å²) in [5, 5.41) is 37.9. The smallest absolute Gasteiger partial charge is 0.336 e. The van der Waals surface area contributed by atoms with E-state index in [1.165, 1.54) is 0 Å². The Hall–Kier alpha value is -2.95.